The van der Waals surface area contributed by atoms with Crippen LogP contribution in [0.3, 0.4) is 0 Å². The fourth-order valence-electron chi connectivity index (χ4n) is 1.52. The summed E-state index contributed by atoms with van der Waals surface area (Å²) in [6.45, 7) is 3.87. The zero-order chi connectivity index (χ0) is 13.2. The van der Waals surface area contributed by atoms with Crippen molar-refractivity contribution in [2.45, 2.75) is 32.4 Å². The number of carbonyl (C=O) groups excluding carboxylic acids is 1. The summed E-state index contributed by atoms with van der Waals surface area (Å²) in [5, 5.41) is 5.99. The molecule has 0 aliphatic carbocycles. The average Bonchev–Trinajstić information content (AvgIpc) is 2.88. The second-order valence-electron chi connectivity index (χ2n) is 4.17. The van der Waals surface area contributed by atoms with E-state index in [1.165, 1.54) is 0 Å². The summed E-state index contributed by atoms with van der Waals surface area (Å²) in [6.07, 6.45) is 3.60. The Labute approximate surface area is 108 Å². The highest BCUT2D eigenvalue weighted by atomic mass is 16.5. The molecule has 5 heteroatoms. The van der Waals surface area contributed by atoms with Crippen LogP contribution >= 0.6 is 0 Å². The van der Waals surface area contributed by atoms with E-state index >= 15 is 0 Å². The molecule has 0 aromatic carbocycles. The molecule has 0 bridgehead atoms. The summed E-state index contributed by atoms with van der Waals surface area (Å²) in [7, 11) is 1.69. The molecular formula is C13H22N2O3. The van der Waals surface area contributed by atoms with Crippen LogP contribution in [-0.4, -0.2) is 32.2 Å². The van der Waals surface area contributed by atoms with Gasteiger partial charge in [0.15, 0.2) is 0 Å². The molecule has 0 aliphatic rings. The molecule has 1 aromatic rings. The van der Waals surface area contributed by atoms with E-state index in [0.29, 0.717) is 6.54 Å². The van der Waals surface area contributed by atoms with Crippen LogP contribution in [0.15, 0.2) is 22.8 Å². The third-order valence-corrected chi connectivity index (χ3v) is 2.64. The van der Waals surface area contributed by atoms with E-state index in [9.17, 15) is 4.79 Å². The molecule has 0 aliphatic heterocycles. The van der Waals surface area contributed by atoms with Gasteiger partial charge in [-0.2, -0.15) is 0 Å². The Kier molecular flexibility index (Phi) is 7.13. The Balaban J connectivity index is 2.09. The monoisotopic (exact) mass is 254 g/mol. The lowest BCUT2D eigenvalue weighted by Crippen LogP contribution is -2.42. The number of nitrogens with one attached hydrogen (secondary N) is 2. The Morgan fingerprint density at radius 1 is 1.50 bits per heavy atom. The van der Waals surface area contributed by atoms with Crippen LogP contribution in [0.1, 0.15) is 25.5 Å². The van der Waals surface area contributed by atoms with Gasteiger partial charge in [-0.1, -0.05) is 0 Å². The van der Waals surface area contributed by atoms with E-state index in [2.05, 4.69) is 10.6 Å². The first-order valence-electron chi connectivity index (χ1n) is 6.26. The molecule has 1 unspecified atom stereocenters. The van der Waals surface area contributed by atoms with Gasteiger partial charge in [0.25, 0.3) is 0 Å². The van der Waals surface area contributed by atoms with E-state index in [-0.39, 0.29) is 11.9 Å². The van der Waals surface area contributed by atoms with Crippen molar-refractivity contribution in [2.75, 3.05) is 20.3 Å². The molecule has 2 N–H and O–H groups in total. The van der Waals surface area contributed by atoms with Crippen LogP contribution in [0.25, 0.3) is 0 Å². The second kappa shape index (κ2) is 8.72. The average molecular weight is 254 g/mol. The van der Waals surface area contributed by atoms with Gasteiger partial charge in [-0.3, -0.25) is 4.79 Å². The summed E-state index contributed by atoms with van der Waals surface area (Å²) in [5.41, 5.74) is 0. The number of rotatable bonds is 9. The number of ether oxygens (including phenoxy) is 1. The van der Waals surface area contributed by atoms with E-state index in [0.717, 1.165) is 31.8 Å². The van der Waals surface area contributed by atoms with E-state index < -0.39 is 0 Å². The standard InChI is InChI=1S/C13H22N2O3/c1-11(14-7-3-4-8-17-2)13(16)15-10-12-6-5-9-18-12/h5-6,9,11,14H,3-4,7-8,10H2,1-2H3,(H,15,16). The van der Waals surface area contributed by atoms with Gasteiger partial charge in [-0.05, 0) is 38.4 Å². The molecule has 1 atom stereocenters. The lowest BCUT2D eigenvalue weighted by atomic mass is 10.2. The molecule has 0 spiro atoms. The van der Waals surface area contributed by atoms with E-state index in [1.807, 2.05) is 13.0 Å². The first-order valence-corrected chi connectivity index (χ1v) is 6.26. The molecule has 1 rings (SSSR count). The quantitative estimate of drug-likeness (QED) is 0.652. The summed E-state index contributed by atoms with van der Waals surface area (Å²) in [4.78, 5) is 11.7. The minimum atomic E-state index is -0.192. The molecule has 18 heavy (non-hydrogen) atoms. The van der Waals surface area contributed by atoms with Crippen molar-refractivity contribution in [3.8, 4) is 0 Å². The van der Waals surface area contributed by atoms with Gasteiger partial charge in [-0.15, -0.1) is 0 Å². The molecule has 1 heterocycles. The van der Waals surface area contributed by atoms with Gasteiger partial charge in [0.05, 0.1) is 18.8 Å². The van der Waals surface area contributed by atoms with Gasteiger partial charge >= 0.3 is 0 Å². The topological polar surface area (TPSA) is 63.5 Å². The smallest absolute Gasteiger partial charge is 0.237 e. The third-order valence-electron chi connectivity index (χ3n) is 2.64. The fraction of sp³-hybridized carbons (Fsp3) is 0.615. The molecular weight excluding hydrogens is 232 g/mol. The summed E-state index contributed by atoms with van der Waals surface area (Å²) < 4.78 is 10.1. The minimum Gasteiger partial charge on any atom is -0.467 e. The number of amides is 1. The number of methoxy groups -OCH3 is 1. The van der Waals surface area contributed by atoms with Crippen molar-refractivity contribution >= 4 is 5.91 Å². The first-order chi connectivity index (χ1) is 8.74. The third kappa shape index (κ3) is 5.84. The maximum Gasteiger partial charge on any atom is 0.237 e. The van der Waals surface area contributed by atoms with Crippen LogP contribution in [0.4, 0.5) is 0 Å². The number of hydrogen-bond acceptors (Lipinski definition) is 4. The highest BCUT2D eigenvalue weighted by molar-refractivity contribution is 5.81. The predicted octanol–water partition coefficient (Wildman–Crippen LogP) is 1.30. The van der Waals surface area contributed by atoms with E-state index in [1.54, 1.807) is 19.4 Å². The fourth-order valence-corrected chi connectivity index (χ4v) is 1.52. The zero-order valence-corrected chi connectivity index (χ0v) is 11.1. The van der Waals surface area contributed by atoms with Crippen LogP contribution < -0.4 is 10.6 Å². The molecule has 102 valence electrons. The predicted molar refractivity (Wildman–Crippen MR) is 69.1 cm³/mol. The van der Waals surface area contributed by atoms with Crippen molar-refractivity contribution < 1.29 is 13.9 Å². The highest BCUT2D eigenvalue weighted by Crippen LogP contribution is 1.98. The van der Waals surface area contributed by atoms with Crippen molar-refractivity contribution in [2.24, 2.45) is 0 Å². The second-order valence-corrected chi connectivity index (χ2v) is 4.17. The Bertz CT molecular complexity index is 325. The Morgan fingerprint density at radius 3 is 3.00 bits per heavy atom. The Hall–Kier alpha value is -1.33. The van der Waals surface area contributed by atoms with Crippen molar-refractivity contribution in [3.63, 3.8) is 0 Å². The van der Waals surface area contributed by atoms with Crippen LogP contribution in [0, 0.1) is 0 Å². The molecule has 1 aromatic heterocycles. The molecule has 0 fully saturated rings. The first kappa shape index (κ1) is 14.7. The van der Waals surface area contributed by atoms with Gasteiger partial charge in [0, 0.05) is 13.7 Å². The lowest BCUT2D eigenvalue weighted by Gasteiger charge is -2.13. The molecule has 5 nitrogen and oxygen atoms in total. The van der Waals surface area contributed by atoms with Gasteiger partial charge in [0.1, 0.15) is 5.76 Å². The number of unbranched alkanes of at least 4 members (excludes halogenated alkanes) is 1. The van der Waals surface area contributed by atoms with Gasteiger partial charge in [-0.25, -0.2) is 0 Å². The van der Waals surface area contributed by atoms with Crippen LogP contribution in [0.5, 0.6) is 0 Å². The maximum atomic E-state index is 11.7. The van der Waals surface area contributed by atoms with Crippen molar-refractivity contribution in [1.82, 2.24) is 10.6 Å². The molecule has 0 saturated heterocycles. The SMILES string of the molecule is COCCCCNC(C)C(=O)NCc1ccco1. The molecule has 0 saturated carbocycles. The van der Waals surface area contributed by atoms with Crippen LogP contribution in [0.2, 0.25) is 0 Å². The lowest BCUT2D eigenvalue weighted by molar-refractivity contribution is -0.123. The Morgan fingerprint density at radius 2 is 2.33 bits per heavy atom. The van der Waals surface area contributed by atoms with Gasteiger partial charge in [0.2, 0.25) is 5.91 Å². The summed E-state index contributed by atoms with van der Waals surface area (Å²) in [6, 6.07) is 3.45. The van der Waals surface area contributed by atoms with Crippen molar-refractivity contribution in [1.29, 1.82) is 0 Å². The zero-order valence-electron chi connectivity index (χ0n) is 11.1. The molecule has 0 radical (unpaired) electrons. The highest BCUT2D eigenvalue weighted by Gasteiger charge is 2.11. The number of carbonyl (C=O) groups is 1. The normalized spacial score (nSPS) is 12.3. The number of furan rings is 1. The van der Waals surface area contributed by atoms with E-state index in [4.69, 9.17) is 9.15 Å². The van der Waals surface area contributed by atoms with Gasteiger partial charge < -0.3 is 19.8 Å². The maximum absolute atomic E-state index is 11.7. The number of hydrogen-bond donors (Lipinski definition) is 2. The summed E-state index contributed by atoms with van der Waals surface area (Å²) >= 11 is 0. The van der Waals surface area contributed by atoms with Crippen molar-refractivity contribution in [3.05, 3.63) is 24.2 Å². The minimum absolute atomic E-state index is 0.0156. The molecule has 1 amide bonds. The summed E-state index contributed by atoms with van der Waals surface area (Å²) in [5.74, 6) is 0.744. The largest absolute Gasteiger partial charge is 0.467 e. The van der Waals surface area contributed by atoms with Crippen LogP contribution in [-0.2, 0) is 16.1 Å².